The molecule has 0 aliphatic rings. The fraction of sp³-hybridized carbons (Fsp3) is 0.316. The Balaban J connectivity index is 2.34. The van der Waals surface area contributed by atoms with Crippen molar-refractivity contribution in [2.75, 3.05) is 0 Å². The molecule has 0 bridgehead atoms. The summed E-state index contributed by atoms with van der Waals surface area (Å²) in [5.41, 5.74) is 2.81. The van der Waals surface area contributed by atoms with Gasteiger partial charge in [0.15, 0.2) is 0 Å². The Kier molecular flexibility index (Phi) is 5.30. The lowest BCUT2D eigenvalue weighted by molar-refractivity contribution is 0.0693. The van der Waals surface area contributed by atoms with Crippen LogP contribution in [0.4, 0.5) is 0 Å². The summed E-state index contributed by atoms with van der Waals surface area (Å²) < 4.78 is 0. The molecule has 0 fully saturated rings. The molecule has 0 saturated heterocycles. The molecule has 0 aliphatic carbocycles. The maximum Gasteiger partial charge on any atom is 0.336 e. The summed E-state index contributed by atoms with van der Waals surface area (Å²) in [4.78, 5) is 13.3. The predicted octanol–water partition coefficient (Wildman–Crippen LogP) is 5.78. The van der Waals surface area contributed by atoms with Crippen LogP contribution in [0.15, 0.2) is 52.3 Å². The van der Waals surface area contributed by atoms with Crippen LogP contribution in [-0.4, -0.2) is 11.1 Å². The average Bonchev–Trinajstić information content (AvgIpc) is 2.47. The molecule has 0 aliphatic heterocycles. The number of aromatic carboxylic acids is 1. The Hall–Kier alpha value is -1.74. The summed E-state index contributed by atoms with van der Waals surface area (Å²) >= 11 is 1.51. The molecule has 1 N–H and O–H groups in total. The van der Waals surface area contributed by atoms with Gasteiger partial charge >= 0.3 is 5.97 Å². The maximum atomic E-state index is 11.4. The molecular weight excluding hydrogens is 292 g/mol. The molecule has 0 atom stereocenters. The quantitative estimate of drug-likeness (QED) is 0.759. The van der Waals surface area contributed by atoms with Gasteiger partial charge in [0.05, 0.1) is 5.56 Å². The summed E-state index contributed by atoms with van der Waals surface area (Å²) in [5, 5.41) is 9.38. The van der Waals surface area contributed by atoms with Crippen LogP contribution in [0.25, 0.3) is 0 Å². The zero-order valence-electron chi connectivity index (χ0n) is 13.5. The van der Waals surface area contributed by atoms with Crippen molar-refractivity contribution in [3.63, 3.8) is 0 Å². The molecule has 116 valence electrons. The van der Waals surface area contributed by atoms with Crippen LogP contribution in [0.3, 0.4) is 0 Å². The van der Waals surface area contributed by atoms with E-state index in [1.807, 2.05) is 12.1 Å². The van der Waals surface area contributed by atoms with Gasteiger partial charge < -0.3 is 5.11 Å². The molecule has 0 amide bonds. The van der Waals surface area contributed by atoms with E-state index in [1.165, 1.54) is 17.3 Å². The van der Waals surface area contributed by atoms with E-state index >= 15 is 0 Å². The molecule has 0 spiro atoms. The zero-order valence-corrected chi connectivity index (χ0v) is 14.3. The minimum absolute atomic E-state index is 0.363. The summed E-state index contributed by atoms with van der Waals surface area (Å²) in [5.74, 6) is 0.0000167. The number of rotatable bonds is 5. The van der Waals surface area contributed by atoms with Crippen LogP contribution >= 0.6 is 11.8 Å². The SMILES string of the molecule is CC(C)c1ccc(Sc2cc(C(C)C)ccc2C(=O)O)cc1. The van der Waals surface area contributed by atoms with Crippen molar-refractivity contribution in [2.45, 2.75) is 49.3 Å². The first-order valence-corrected chi connectivity index (χ1v) is 8.35. The molecule has 0 unspecified atom stereocenters. The number of hydrogen-bond acceptors (Lipinski definition) is 2. The van der Waals surface area contributed by atoms with Gasteiger partial charge in [0.1, 0.15) is 0 Å². The smallest absolute Gasteiger partial charge is 0.336 e. The van der Waals surface area contributed by atoms with Crippen molar-refractivity contribution in [1.29, 1.82) is 0 Å². The lowest BCUT2D eigenvalue weighted by Gasteiger charge is -2.12. The van der Waals surface area contributed by atoms with E-state index in [0.29, 0.717) is 17.4 Å². The fourth-order valence-electron chi connectivity index (χ4n) is 2.21. The lowest BCUT2D eigenvalue weighted by Crippen LogP contribution is -2.00. The molecule has 2 nitrogen and oxygen atoms in total. The Morgan fingerprint density at radius 2 is 1.45 bits per heavy atom. The topological polar surface area (TPSA) is 37.3 Å². The van der Waals surface area contributed by atoms with E-state index in [0.717, 1.165) is 15.4 Å². The number of carbonyl (C=O) groups is 1. The summed E-state index contributed by atoms with van der Waals surface area (Å²) in [6.45, 7) is 8.55. The minimum atomic E-state index is -0.878. The van der Waals surface area contributed by atoms with E-state index in [2.05, 4.69) is 52.0 Å². The third kappa shape index (κ3) is 3.92. The molecule has 2 aromatic carbocycles. The molecule has 0 aromatic heterocycles. The fourth-order valence-corrected chi connectivity index (χ4v) is 3.19. The third-order valence-electron chi connectivity index (χ3n) is 3.68. The zero-order chi connectivity index (χ0) is 16.3. The van der Waals surface area contributed by atoms with Crippen molar-refractivity contribution in [3.8, 4) is 0 Å². The molecule has 22 heavy (non-hydrogen) atoms. The summed E-state index contributed by atoms with van der Waals surface area (Å²) in [6, 6.07) is 14.0. The second-order valence-electron chi connectivity index (χ2n) is 6.04. The number of carboxylic acid groups (broad SMARTS) is 1. The van der Waals surface area contributed by atoms with Gasteiger partial charge in [-0.2, -0.15) is 0 Å². The molecule has 2 rings (SSSR count). The Morgan fingerprint density at radius 1 is 0.909 bits per heavy atom. The van der Waals surface area contributed by atoms with Crippen molar-refractivity contribution in [2.24, 2.45) is 0 Å². The Bertz CT molecular complexity index is 658. The first-order valence-electron chi connectivity index (χ1n) is 7.53. The van der Waals surface area contributed by atoms with Gasteiger partial charge in [-0.1, -0.05) is 57.7 Å². The van der Waals surface area contributed by atoms with Crippen LogP contribution in [0.5, 0.6) is 0 Å². The van der Waals surface area contributed by atoms with Crippen molar-refractivity contribution in [1.82, 2.24) is 0 Å². The second kappa shape index (κ2) is 7.01. The monoisotopic (exact) mass is 314 g/mol. The predicted molar refractivity (Wildman–Crippen MR) is 92.1 cm³/mol. The van der Waals surface area contributed by atoms with Gasteiger partial charge in [-0.05, 0) is 47.2 Å². The first-order chi connectivity index (χ1) is 10.4. The standard InChI is InChI=1S/C19H22O2S/c1-12(2)14-5-8-16(9-6-14)22-18-11-15(13(3)4)7-10-17(18)19(20)21/h5-13H,1-4H3,(H,20,21). The van der Waals surface area contributed by atoms with Crippen LogP contribution in [-0.2, 0) is 0 Å². The van der Waals surface area contributed by atoms with Gasteiger partial charge in [-0.3, -0.25) is 0 Å². The van der Waals surface area contributed by atoms with Crippen molar-refractivity contribution in [3.05, 3.63) is 59.2 Å². The van der Waals surface area contributed by atoms with Crippen LogP contribution in [0.2, 0.25) is 0 Å². The maximum absolute atomic E-state index is 11.4. The highest BCUT2D eigenvalue weighted by Gasteiger charge is 2.13. The lowest BCUT2D eigenvalue weighted by atomic mass is 10.0. The highest BCUT2D eigenvalue weighted by atomic mass is 32.2. The number of benzene rings is 2. The largest absolute Gasteiger partial charge is 0.478 e. The normalized spacial score (nSPS) is 11.2. The molecule has 0 heterocycles. The van der Waals surface area contributed by atoms with Crippen LogP contribution in [0.1, 0.15) is 61.0 Å². The number of hydrogen-bond donors (Lipinski definition) is 1. The average molecular weight is 314 g/mol. The minimum Gasteiger partial charge on any atom is -0.478 e. The van der Waals surface area contributed by atoms with E-state index < -0.39 is 5.97 Å². The van der Waals surface area contributed by atoms with E-state index in [-0.39, 0.29) is 0 Å². The molecule has 3 heteroatoms. The van der Waals surface area contributed by atoms with Crippen LogP contribution in [0, 0.1) is 0 Å². The molecule has 0 saturated carbocycles. The Morgan fingerprint density at radius 3 is 1.95 bits per heavy atom. The van der Waals surface area contributed by atoms with Gasteiger partial charge in [0.2, 0.25) is 0 Å². The Labute approximate surface area is 136 Å². The van der Waals surface area contributed by atoms with Crippen LogP contribution < -0.4 is 0 Å². The highest BCUT2D eigenvalue weighted by Crippen LogP contribution is 2.33. The first kappa shape index (κ1) is 16.6. The van der Waals surface area contributed by atoms with Gasteiger partial charge in [-0.25, -0.2) is 4.79 Å². The van der Waals surface area contributed by atoms with E-state index in [4.69, 9.17) is 0 Å². The van der Waals surface area contributed by atoms with Gasteiger partial charge in [0.25, 0.3) is 0 Å². The van der Waals surface area contributed by atoms with Crippen molar-refractivity contribution < 1.29 is 9.90 Å². The molecule has 0 radical (unpaired) electrons. The van der Waals surface area contributed by atoms with Gasteiger partial charge in [-0.15, -0.1) is 0 Å². The van der Waals surface area contributed by atoms with E-state index in [1.54, 1.807) is 6.07 Å². The van der Waals surface area contributed by atoms with Crippen molar-refractivity contribution >= 4 is 17.7 Å². The second-order valence-corrected chi connectivity index (χ2v) is 7.16. The van der Waals surface area contributed by atoms with E-state index in [9.17, 15) is 9.90 Å². The molecule has 2 aromatic rings. The number of carboxylic acids is 1. The summed E-state index contributed by atoms with van der Waals surface area (Å²) in [7, 11) is 0. The molecular formula is C19H22O2S. The highest BCUT2D eigenvalue weighted by molar-refractivity contribution is 7.99. The summed E-state index contributed by atoms with van der Waals surface area (Å²) in [6.07, 6.45) is 0. The van der Waals surface area contributed by atoms with Gasteiger partial charge in [0, 0.05) is 9.79 Å². The third-order valence-corrected chi connectivity index (χ3v) is 4.74.